The molecule has 0 bridgehead atoms. The summed E-state index contributed by atoms with van der Waals surface area (Å²) in [5.74, 6) is 1.55. The van der Waals surface area contributed by atoms with E-state index in [0.29, 0.717) is 31.6 Å². The molecular formula is C18H25FN4O2. The summed E-state index contributed by atoms with van der Waals surface area (Å²) in [6.45, 7) is 7.29. The van der Waals surface area contributed by atoms with E-state index < -0.39 is 0 Å². The van der Waals surface area contributed by atoms with Crippen LogP contribution in [0.2, 0.25) is 0 Å². The van der Waals surface area contributed by atoms with Crippen LogP contribution in [-0.4, -0.2) is 24.8 Å². The molecule has 0 amide bonds. The molecule has 0 aliphatic carbocycles. The van der Waals surface area contributed by atoms with E-state index in [1.165, 1.54) is 6.07 Å². The number of rotatable bonds is 7. The third-order valence-electron chi connectivity index (χ3n) is 3.58. The molecule has 0 saturated heterocycles. The second kappa shape index (κ2) is 9.05. The first-order chi connectivity index (χ1) is 12.0. The number of hydrogen-bond acceptors (Lipinski definition) is 4. The molecule has 0 fully saturated rings. The Labute approximate surface area is 147 Å². The van der Waals surface area contributed by atoms with Gasteiger partial charge in [0.25, 0.3) is 0 Å². The molecule has 7 heteroatoms. The zero-order chi connectivity index (χ0) is 18.2. The third kappa shape index (κ3) is 5.48. The molecule has 0 atom stereocenters. The van der Waals surface area contributed by atoms with E-state index in [4.69, 9.17) is 9.26 Å². The van der Waals surface area contributed by atoms with Gasteiger partial charge in [0.15, 0.2) is 23.3 Å². The van der Waals surface area contributed by atoms with Gasteiger partial charge in [-0.3, -0.25) is 4.99 Å². The zero-order valence-corrected chi connectivity index (χ0v) is 15.1. The van der Waals surface area contributed by atoms with Crippen molar-refractivity contribution >= 4 is 5.96 Å². The van der Waals surface area contributed by atoms with Gasteiger partial charge in [-0.05, 0) is 30.5 Å². The lowest BCUT2D eigenvalue weighted by molar-refractivity contribution is 0.321. The van der Waals surface area contributed by atoms with Crippen molar-refractivity contribution in [1.82, 2.24) is 15.8 Å². The molecule has 0 spiro atoms. The van der Waals surface area contributed by atoms with Crippen LogP contribution in [0.3, 0.4) is 0 Å². The van der Waals surface area contributed by atoms with Gasteiger partial charge in [-0.1, -0.05) is 25.1 Å². The number of nitrogens with zero attached hydrogens (tertiary/aromatic N) is 2. The second-order valence-corrected chi connectivity index (χ2v) is 5.85. The van der Waals surface area contributed by atoms with Crippen molar-refractivity contribution in [2.45, 2.75) is 39.8 Å². The Morgan fingerprint density at radius 3 is 2.64 bits per heavy atom. The van der Waals surface area contributed by atoms with Gasteiger partial charge >= 0.3 is 0 Å². The molecule has 136 valence electrons. The number of aromatic nitrogens is 1. The fourth-order valence-corrected chi connectivity index (χ4v) is 2.19. The highest BCUT2D eigenvalue weighted by Crippen LogP contribution is 2.18. The highest BCUT2D eigenvalue weighted by molar-refractivity contribution is 5.79. The van der Waals surface area contributed by atoms with Crippen molar-refractivity contribution in [3.63, 3.8) is 0 Å². The first-order valence-electron chi connectivity index (χ1n) is 8.34. The first kappa shape index (κ1) is 18.8. The van der Waals surface area contributed by atoms with Crippen LogP contribution >= 0.6 is 0 Å². The predicted molar refractivity (Wildman–Crippen MR) is 95.2 cm³/mol. The van der Waals surface area contributed by atoms with E-state index in [1.807, 2.05) is 19.1 Å². The minimum atomic E-state index is -0.369. The molecular weight excluding hydrogens is 323 g/mol. The van der Waals surface area contributed by atoms with Crippen LogP contribution in [0.4, 0.5) is 4.39 Å². The largest absolute Gasteiger partial charge is 0.491 e. The van der Waals surface area contributed by atoms with E-state index in [1.54, 1.807) is 13.1 Å². The fourth-order valence-electron chi connectivity index (χ4n) is 2.19. The Morgan fingerprint density at radius 1 is 1.28 bits per heavy atom. The van der Waals surface area contributed by atoms with Gasteiger partial charge in [-0.25, -0.2) is 4.39 Å². The van der Waals surface area contributed by atoms with Crippen LogP contribution in [0.5, 0.6) is 5.75 Å². The van der Waals surface area contributed by atoms with Gasteiger partial charge in [-0.15, -0.1) is 0 Å². The lowest BCUT2D eigenvalue weighted by atomic mass is 10.1. The number of ether oxygens (including phenoxy) is 1. The van der Waals surface area contributed by atoms with E-state index in [0.717, 1.165) is 17.0 Å². The average molecular weight is 348 g/mol. The monoisotopic (exact) mass is 348 g/mol. The van der Waals surface area contributed by atoms with Crippen LogP contribution in [0, 0.1) is 5.82 Å². The van der Waals surface area contributed by atoms with Crippen molar-refractivity contribution in [1.29, 1.82) is 0 Å². The molecule has 0 aliphatic heterocycles. The fraction of sp³-hybridized carbons (Fsp3) is 0.444. The maximum Gasteiger partial charge on any atom is 0.191 e. The lowest BCUT2D eigenvalue weighted by Crippen LogP contribution is -2.36. The summed E-state index contributed by atoms with van der Waals surface area (Å²) in [6, 6.07) is 6.83. The Kier molecular flexibility index (Phi) is 6.80. The topological polar surface area (TPSA) is 71.7 Å². The molecule has 0 radical (unpaired) electrons. The van der Waals surface area contributed by atoms with E-state index >= 15 is 0 Å². The highest BCUT2D eigenvalue weighted by atomic mass is 19.1. The molecule has 1 heterocycles. The number of hydrogen-bond donors (Lipinski definition) is 2. The van der Waals surface area contributed by atoms with Crippen LogP contribution in [0.25, 0.3) is 0 Å². The van der Waals surface area contributed by atoms with E-state index in [2.05, 4.69) is 34.6 Å². The summed E-state index contributed by atoms with van der Waals surface area (Å²) in [5, 5.41) is 10.3. The Balaban J connectivity index is 1.86. The SMILES string of the molecule is CCOc1ccc(CNC(=NC)NCc2cc(C(C)C)no2)cc1F. The van der Waals surface area contributed by atoms with Crippen molar-refractivity contribution in [2.75, 3.05) is 13.7 Å². The smallest absolute Gasteiger partial charge is 0.191 e. The van der Waals surface area contributed by atoms with Crippen molar-refractivity contribution in [3.8, 4) is 5.75 Å². The summed E-state index contributed by atoms with van der Waals surface area (Å²) >= 11 is 0. The molecule has 2 N–H and O–H groups in total. The minimum Gasteiger partial charge on any atom is -0.491 e. The molecule has 1 aromatic heterocycles. The maximum absolute atomic E-state index is 13.9. The van der Waals surface area contributed by atoms with Crippen LogP contribution in [0.1, 0.15) is 43.7 Å². The van der Waals surface area contributed by atoms with Crippen molar-refractivity contribution < 1.29 is 13.7 Å². The molecule has 2 aromatic rings. The first-order valence-corrected chi connectivity index (χ1v) is 8.34. The summed E-state index contributed by atoms with van der Waals surface area (Å²) in [5.41, 5.74) is 1.72. The normalized spacial score (nSPS) is 11.7. The van der Waals surface area contributed by atoms with Crippen LogP contribution in [-0.2, 0) is 13.1 Å². The van der Waals surface area contributed by atoms with E-state index in [9.17, 15) is 4.39 Å². The lowest BCUT2D eigenvalue weighted by Gasteiger charge is -2.11. The summed E-state index contributed by atoms with van der Waals surface area (Å²) in [6.07, 6.45) is 0. The number of aliphatic imine (C=N–C) groups is 1. The summed E-state index contributed by atoms with van der Waals surface area (Å²) in [7, 11) is 1.67. The zero-order valence-electron chi connectivity index (χ0n) is 15.1. The average Bonchev–Trinajstić information content (AvgIpc) is 3.07. The number of nitrogens with one attached hydrogen (secondary N) is 2. The summed E-state index contributed by atoms with van der Waals surface area (Å²) in [4.78, 5) is 4.14. The minimum absolute atomic E-state index is 0.264. The van der Waals surface area contributed by atoms with Gasteiger partial charge in [0.1, 0.15) is 0 Å². The highest BCUT2D eigenvalue weighted by Gasteiger charge is 2.09. The van der Waals surface area contributed by atoms with Crippen molar-refractivity contribution in [3.05, 3.63) is 47.1 Å². The molecule has 6 nitrogen and oxygen atoms in total. The third-order valence-corrected chi connectivity index (χ3v) is 3.58. The number of guanidine groups is 1. The number of benzene rings is 1. The standard InChI is InChI=1S/C18H25FN4O2/c1-5-24-17-7-6-13(8-15(17)19)10-21-18(20-4)22-11-14-9-16(12(2)3)23-25-14/h6-9,12H,5,10-11H2,1-4H3,(H2,20,21,22). The van der Waals surface area contributed by atoms with E-state index in [-0.39, 0.29) is 11.6 Å². The molecule has 0 aliphatic rings. The molecule has 1 aromatic carbocycles. The Hall–Kier alpha value is -2.57. The quantitative estimate of drug-likeness (QED) is 0.594. The summed E-state index contributed by atoms with van der Waals surface area (Å²) < 4.78 is 24.3. The maximum atomic E-state index is 13.9. The second-order valence-electron chi connectivity index (χ2n) is 5.85. The van der Waals surface area contributed by atoms with Crippen LogP contribution < -0.4 is 15.4 Å². The van der Waals surface area contributed by atoms with Crippen LogP contribution in [0.15, 0.2) is 33.8 Å². The molecule has 0 saturated carbocycles. The van der Waals surface area contributed by atoms with Gasteiger partial charge < -0.3 is 19.9 Å². The molecule has 2 rings (SSSR count). The van der Waals surface area contributed by atoms with Gasteiger partial charge in [-0.2, -0.15) is 0 Å². The Morgan fingerprint density at radius 2 is 2.04 bits per heavy atom. The van der Waals surface area contributed by atoms with Crippen molar-refractivity contribution in [2.24, 2.45) is 4.99 Å². The number of halogens is 1. The molecule has 25 heavy (non-hydrogen) atoms. The molecule has 0 unspecified atom stereocenters. The van der Waals surface area contributed by atoms with Gasteiger partial charge in [0.05, 0.1) is 18.8 Å². The Bertz CT molecular complexity index is 713. The van der Waals surface area contributed by atoms with Gasteiger partial charge in [0, 0.05) is 19.7 Å². The predicted octanol–water partition coefficient (Wildman–Crippen LogP) is 3.20. The van der Waals surface area contributed by atoms with Gasteiger partial charge in [0.2, 0.25) is 0 Å².